The maximum absolute atomic E-state index is 11.1. The van der Waals surface area contributed by atoms with Crippen LogP contribution in [0.15, 0.2) is 53.9 Å². The predicted octanol–water partition coefficient (Wildman–Crippen LogP) is 4.73. The molecule has 1 amide bonds. The van der Waals surface area contributed by atoms with Crippen molar-refractivity contribution in [1.82, 2.24) is 0 Å². The molecule has 0 unspecified atom stereocenters. The Morgan fingerprint density at radius 3 is 2.28 bits per heavy atom. The van der Waals surface area contributed by atoms with E-state index in [0.717, 1.165) is 23.1 Å². The number of carbonyl (C=O) groups is 1. The highest BCUT2D eigenvalue weighted by Crippen LogP contribution is 2.26. The van der Waals surface area contributed by atoms with Crippen LogP contribution in [0.1, 0.15) is 19.4 Å². The molecule has 0 saturated heterocycles. The van der Waals surface area contributed by atoms with Crippen LogP contribution in [0.5, 0.6) is 0 Å². The fraction of sp³-hybridized carbons (Fsp3) is 0.200. The lowest BCUT2D eigenvalue weighted by atomic mass is 10.1. The summed E-state index contributed by atoms with van der Waals surface area (Å²) in [5.74, 6) is -0.0643. The highest BCUT2D eigenvalue weighted by molar-refractivity contribution is 7.13. The predicted molar refractivity (Wildman–Crippen MR) is 104 cm³/mol. The number of amides is 1. The van der Waals surface area contributed by atoms with Crippen molar-refractivity contribution in [2.45, 2.75) is 27.3 Å². The van der Waals surface area contributed by atoms with Crippen LogP contribution in [-0.4, -0.2) is 5.91 Å². The molecule has 0 spiro atoms. The van der Waals surface area contributed by atoms with Crippen molar-refractivity contribution in [2.75, 3.05) is 10.6 Å². The molecule has 0 bridgehead atoms. The van der Waals surface area contributed by atoms with Crippen LogP contribution in [0.25, 0.3) is 11.3 Å². The third kappa shape index (κ3) is 4.06. The third-order valence-corrected chi connectivity index (χ3v) is 4.83. The smallest absolute Gasteiger partial charge is 0.326 e. The molecule has 0 fully saturated rings. The van der Waals surface area contributed by atoms with Gasteiger partial charge in [0.05, 0.1) is 6.54 Å². The maximum Gasteiger partial charge on any atom is 0.339 e. The zero-order valence-corrected chi connectivity index (χ0v) is 15.5. The molecule has 0 aliphatic heterocycles. The van der Waals surface area contributed by atoms with Crippen LogP contribution in [0.4, 0.5) is 16.5 Å². The molecule has 0 radical (unpaired) electrons. The van der Waals surface area contributed by atoms with Gasteiger partial charge in [-0.3, -0.25) is 4.79 Å². The largest absolute Gasteiger partial charge is 0.339 e. The summed E-state index contributed by atoms with van der Waals surface area (Å²) in [6.45, 7) is 6.64. The molecule has 5 heteroatoms. The quantitative estimate of drug-likeness (QED) is 0.652. The maximum atomic E-state index is 11.1. The standard InChI is InChI=1S/C20H21N3OS/c1-4-23-19(16-7-5-14(2)6-8-16)13-25-20(23)22-18-11-9-17(10-12-18)21-15(3)24/h5-13H,4H2,1-3H3,(H,21,24)/p+1. The van der Waals surface area contributed by atoms with Crippen LogP contribution in [0.2, 0.25) is 0 Å². The highest BCUT2D eigenvalue weighted by Gasteiger charge is 2.18. The number of nitrogens with one attached hydrogen (secondary N) is 2. The van der Waals surface area contributed by atoms with Gasteiger partial charge in [-0.05, 0) is 38.1 Å². The van der Waals surface area contributed by atoms with Crippen molar-refractivity contribution in [1.29, 1.82) is 0 Å². The normalized spacial score (nSPS) is 10.5. The molecule has 2 N–H and O–H groups in total. The van der Waals surface area contributed by atoms with E-state index in [1.54, 1.807) is 11.3 Å². The minimum Gasteiger partial charge on any atom is -0.326 e. The molecule has 1 heterocycles. The second kappa shape index (κ2) is 7.49. The fourth-order valence-corrected chi connectivity index (χ4v) is 3.69. The second-order valence-corrected chi connectivity index (χ2v) is 6.78. The Hall–Kier alpha value is -2.66. The molecule has 0 aliphatic rings. The average Bonchev–Trinajstić information content (AvgIpc) is 2.99. The lowest BCUT2D eigenvalue weighted by Gasteiger charge is -2.05. The van der Waals surface area contributed by atoms with E-state index in [4.69, 9.17) is 0 Å². The van der Waals surface area contributed by atoms with Crippen LogP contribution >= 0.6 is 11.3 Å². The Balaban J connectivity index is 1.83. The summed E-state index contributed by atoms with van der Waals surface area (Å²) >= 11 is 1.69. The number of aromatic nitrogens is 1. The first-order valence-corrected chi connectivity index (χ1v) is 9.18. The lowest BCUT2D eigenvalue weighted by Crippen LogP contribution is -2.35. The van der Waals surface area contributed by atoms with E-state index in [2.05, 4.69) is 58.7 Å². The van der Waals surface area contributed by atoms with Crippen molar-refractivity contribution >= 4 is 33.8 Å². The molecule has 3 rings (SSSR count). The molecule has 25 heavy (non-hydrogen) atoms. The number of thiazole rings is 1. The van der Waals surface area contributed by atoms with E-state index in [1.165, 1.54) is 23.7 Å². The Labute approximate surface area is 152 Å². The molecule has 0 atom stereocenters. The number of benzene rings is 2. The van der Waals surface area contributed by atoms with Crippen molar-refractivity contribution in [3.05, 3.63) is 59.5 Å². The topological polar surface area (TPSA) is 45.0 Å². The van der Waals surface area contributed by atoms with Crippen LogP contribution in [0.3, 0.4) is 0 Å². The molecule has 0 aliphatic carbocycles. The van der Waals surface area contributed by atoms with Crippen molar-refractivity contribution < 1.29 is 9.36 Å². The van der Waals surface area contributed by atoms with E-state index in [9.17, 15) is 4.79 Å². The lowest BCUT2D eigenvalue weighted by molar-refractivity contribution is -0.664. The summed E-state index contributed by atoms with van der Waals surface area (Å²) < 4.78 is 2.27. The van der Waals surface area contributed by atoms with Gasteiger partial charge in [0.15, 0.2) is 0 Å². The van der Waals surface area contributed by atoms with Crippen molar-refractivity contribution in [3.8, 4) is 11.3 Å². The van der Waals surface area contributed by atoms with Crippen LogP contribution in [-0.2, 0) is 11.3 Å². The van der Waals surface area contributed by atoms with Gasteiger partial charge in [-0.25, -0.2) is 9.88 Å². The first-order chi connectivity index (χ1) is 12.1. The second-order valence-electron chi connectivity index (χ2n) is 5.92. The number of rotatable bonds is 5. The fourth-order valence-electron chi connectivity index (χ4n) is 2.67. The molecule has 1 aromatic heterocycles. The number of aryl methyl sites for hydroxylation is 1. The number of anilines is 3. The average molecular weight is 352 g/mol. The van der Waals surface area contributed by atoms with Crippen molar-refractivity contribution in [3.63, 3.8) is 0 Å². The summed E-state index contributed by atoms with van der Waals surface area (Å²) in [5.41, 5.74) is 5.49. The van der Waals surface area contributed by atoms with Gasteiger partial charge in [0.1, 0.15) is 11.4 Å². The summed E-state index contributed by atoms with van der Waals surface area (Å²) in [4.78, 5) is 11.1. The van der Waals surface area contributed by atoms with E-state index < -0.39 is 0 Å². The number of carbonyl (C=O) groups excluding carboxylic acids is 1. The van der Waals surface area contributed by atoms with Gasteiger partial charge in [0.2, 0.25) is 5.91 Å². The zero-order chi connectivity index (χ0) is 17.8. The zero-order valence-electron chi connectivity index (χ0n) is 14.7. The van der Waals surface area contributed by atoms with Gasteiger partial charge in [0.25, 0.3) is 0 Å². The van der Waals surface area contributed by atoms with Gasteiger partial charge >= 0.3 is 5.13 Å². The minimum atomic E-state index is -0.0643. The van der Waals surface area contributed by atoms with Gasteiger partial charge < -0.3 is 5.32 Å². The van der Waals surface area contributed by atoms with E-state index >= 15 is 0 Å². The Morgan fingerprint density at radius 2 is 1.68 bits per heavy atom. The van der Waals surface area contributed by atoms with Gasteiger partial charge in [-0.15, -0.1) is 0 Å². The SMILES string of the molecule is CC[n+]1c(-c2ccc(C)cc2)csc1Nc1ccc(NC(C)=O)cc1. The summed E-state index contributed by atoms with van der Waals surface area (Å²) in [7, 11) is 0. The Kier molecular flexibility index (Phi) is 5.14. The summed E-state index contributed by atoms with van der Waals surface area (Å²) in [6.07, 6.45) is 0. The molecular weight excluding hydrogens is 330 g/mol. The molecule has 2 aromatic carbocycles. The van der Waals surface area contributed by atoms with Crippen LogP contribution < -0.4 is 15.2 Å². The van der Waals surface area contributed by atoms with Gasteiger partial charge in [-0.2, -0.15) is 0 Å². The van der Waals surface area contributed by atoms with E-state index in [-0.39, 0.29) is 5.91 Å². The minimum absolute atomic E-state index is 0.0643. The third-order valence-electron chi connectivity index (χ3n) is 3.94. The van der Waals surface area contributed by atoms with Gasteiger partial charge in [-0.1, -0.05) is 41.2 Å². The van der Waals surface area contributed by atoms with E-state index in [1.807, 2.05) is 24.3 Å². The number of nitrogens with zero attached hydrogens (tertiary/aromatic N) is 1. The molecule has 4 nitrogen and oxygen atoms in total. The number of hydrogen-bond donors (Lipinski definition) is 2. The molecule has 0 saturated carbocycles. The van der Waals surface area contributed by atoms with Crippen LogP contribution in [0, 0.1) is 6.92 Å². The van der Waals surface area contributed by atoms with E-state index in [0.29, 0.717) is 0 Å². The number of hydrogen-bond acceptors (Lipinski definition) is 3. The molecular formula is C20H22N3OS+. The first kappa shape index (κ1) is 17.2. The van der Waals surface area contributed by atoms with Crippen molar-refractivity contribution in [2.24, 2.45) is 0 Å². The summed E-state index contributed by atoms with van der Waals surface area (Å²) in [5, 5.41) is 9.52. The monoisotopic (exact) mass is 352 g/mol. The Bertz CT molecular complexity index is 867. The summed E-state index contributed by atoms with van der Waals surface area (Å²) in [6, 6.07) is 16.3. The van der Waals surface area contributed by atoms with Gasteiger partial charge in [0, 0.05) is 23.6 Å². The first-order valence-electron chi connectivity index (χ1n) is 8.30. The molecule has 128 valence electrons. The highest BCUT2D eigenvalue weighted by atomic mass is 32.1. The Morgan fingerprint density at radius 1 is 1.04 bits per heavy atom. The molecule has 3 aromatic rings.